The van der Waals surface area contributed by atoms with E-state index in [0.717, 1.165) is 0 Å². The second-order valence-corrected chi connectivity index (χ2v) is 6.84. The maximum atomic E-state index is 13.2. The summed E-state index contributed by atoms with van der Waals surface area (Å²) < 4.78 is 163. The second kappa shape index (κ2) is 7.88. The first-order valence-corrected chi connectivity index (χ1v) is 8.11. The molecular weight excluding hydrogens is 411 g/mol. The van der Waals surface area contributed by atoms with Gasteiger partial charge in [-0.1, -0.05) is 12.8 Å². The molecule has 25 heavy (non-hydrogen) atoms. The van der Waals surface area contributed by atoms with Crippen LogP contribution in [0.15, 0.2) is 0 Å². The Bertz CT molecular complexity index is 416. The molecule has 0 aromatic heterocycles. The molecule has 1 unspecified atom stereocenters. The Morgan fingerprint density at radius 3 is 1.64 bits per heavy atom. The molecule has 0 spiro atoms. The first-order valence-electron chi connectivity index (χ1n) is 6.44. The number of unbranched alkanes of at least 4 members (excludes halogenated alkanes) is 2. The molecule has 0 aromatic rings. The number of halogens is 13. The highest BCUT2D eigenvalue weighted by Crippen LogP contribution is 2.45. The number of rotatable bonds is 9. The van der Waals surface area contributed by atoms with E-state index in [9.17, 15) is 56.5 Å². The van der Waals surface area contributed by atoms with Crippen LogP contribution >= 0.6 is 0 Å². The summed E-state index contributed by atoms with van der Waals surface area (Å²) in [5, 5.41) is 0. The van der Waals surface area contributed by atoms with Crippen molar-refractivity contribution in [3.8, 4) is 0 Å². The van der Waals surface area contributed by atoms with Crippen LogP contribution in [-0.4, -0.2) is 39.2 Å². The van der Waals surface area contributed by atoms with Gasteiger partial charge in [0.15, 0.2) is 6.17 Å². The zero-order valence-corrected chi connectivity index (χ0v) is 12.9. The van der Waals surface area contributed by atoms with Gasteiger partial charge in [0, 0.05) is 6.42 Å². The van der Waals surface area contributed by atoms with Crippen molar-refractivity contribution in [2.45, 2.75) is 62.3 Å². The Morgan fingerprint density at radius 1 is 0.760 bits per heavy atom. The van der Waals surface area contributed by atoms with Crippen molar-refractivity contribution in [3.05, 3.63) is 0 Å². The molecular formula is C10H11F13OSi. The molecule has 0 rings (SSSR count). The van der Waals surface area contributed by atoms with Crippen LogP contribution in [0.4, 0.5) is 56.5 Å². The summed E-state index contributed by atoms with van der Waals surface area (Å²) in [6.07, 6.45) is -26.4. The highest BCUT2D eigenvalue weighted by atomic mass is 28.4. The summed E-state index contributed by atoms with van der Waals surface area (Å²) in [6.45, 7) is 0. The molecule has 0 heterocycles. The van der Waals surface area contributed by atoms with E-state index in [-0.39, 0.29) is 0 Å². The molecule has 0 aliphatic carbocycles. The lowest BCUT2D eigenvalue weighted by Crippen LogP contribution is -2.59. The van der Waals surface area contributed by atoms with Crippen molar-refractivity contribution in [1.82, 2.24) is 0 Å². The van der Waals surface area contributed by atoms with Crippen LogP contribution in [0.2, 0.25) is 0 Å². The van der Waals surface area contributed by atoms with Gasteiger partial charge in [0.1, 0.15) is 0 Å². The predicted molar refractivity (Wildman–Crippen MR) is 59.0 cm³/mol. The summed E-state index contributed by atoms with van der Waals surface area (Å²) in [5.74, 6) is 0. The van der Waals surface area contributed by atoms with Gasteiger partial charge in [-0.2, -0.15) is 43.9 Å². The quantitative estimate of drug-likeness (QED) is 0.190. The Balaban J connectivity index is 4.75. The molecule has 1 atom stereocenters. The summed E-state index contributed by atoms with van der Waals surface area (Å²) in [5.41, 5.74) is -5.92. The Hall–Kier alpha value is -0.733. The first-order chi connectivity index (χ1) is 10.8. The van der Waals surface area contributed by atoms with Crippen LogP contribution in [0, 0.1) is 0 Å². The third kappa shape index (κ3) is 7.19. The normalized spacial score (nSPS) is 16.2. The van der Waals surface area contributed by atoms with E-state index >= 15 is 0 Å². The van der Waals surface area contributed by atoms with Crippen molar-refractivity contribution in [3.63, 3.8) is 0 Å². The van der Waals surface area contributed by atoms with Gasteiger partial charge in [-0.25, -0.2) is 12.6 Å². The largest absolute Gasteiger partial charge is 0.659 e. The Labute approximate surface area is 133 Å². The number of alkyl halides is 11. The van der Waals surface area contributed by atoms with Crippen LogP contribution in [0.5, 0.6) is 0 Å². The molecule has 0 fully saturated rings. The second-order valence-electron chi connectivity index (χ2n) is 4.94. The molecule has 152 valence electrons. The lowest BCUT2D eigenvalue weighted by molar-refractivity contribution is -0.372. The monoisotopic (exact) mass is 422 g/mol. The molecule has 0 saturated heterocycles. The Kier molecular flexibility index (Phi) is 7.65. The van der Waals surface area contributed by atoms with Crippen LogP contribution < -0.4 is 0 Å². The van der Waals surface area contributed by atoms with Crippen LogP contribution in [0.1, 0.15) is 32.1 Å². The highest BCUT2D eigenvalue weighted by molar-refractivity contribution is 6.62. The summed E-state index contributed by atoms with van der Waals surface area (Å²) >= 11 is 0. The van der Waals surface area contributed by atoms with Crippen molar-refractivity contribution in [1.29, 1.82) is 0 Å². The Morgan fingerprint density at radius 2 is 1.24 bits per heavy atom. The molecule has 1 nitrogen and oxygen atoms in total. The minimum absolute atomic E-state index is 0.497. The minimum atomic E-state index is -8.20. The van der Waals surface area contributed by atoms with E-state index < -0.39 is 71.3 Å². The average molecular weight is 422 g/mol. The van der Waals surface area contributed by atoms with E-state index in [2.05, 4.69) is 0 Å². The molecule has 0 radical (unpaired) electrons. The molecule has 0 amide bonds. The maximum Gasteiger partial charge on any atom is 0.659 e. The summed E-state index contributed by atoms with van der Waals surface area (Å²) in [4.78, 5) is 0. The molecule has 15 heteroatoms. The predicted octanol–water partition coefficient (Wildman–Crippen LogP) is 6.06. The van der Waals surface area contributed by atoms with E-state index in [4.69, 9.17) is 0 Å². The van der Waals surface area contributed by atoms with Crippen LogP contribution in [-0.2, 0) is 4.43 Å². The van der Waals surface area contributed by atoms with Crippen molar-refractivity contribution in [2.75, 3.05) is 0 Å². The standard InChI is InChI=1S/C10H11F13OSi/c11-6(4-2-1-3-5-7(12,13)14)8(15,16)25(22,23)24-10(20,21)9(17,18)19/h6H,1-5H2. The fourth-order valence-electron chi connectivity index (χ4n) is 1.48. The summed E-state index contributed by atoms with van der Waals surface area (Å²) in [7, 11) is -8.20. The smallest absolute Gasteiger partial charge is 0.297 e. The molecule has 0 aromatic carbocycles. The number of hydrogen-bond donors (Lipinski definition) is 0. The zero-order valence-electron chi connectivity index (χ0n) is 11.9. The van der Waals surface area contributed by atoms with Crippen molar-refractivity contribution >= 4 is 8.99 Å². The first kappa shape index (κ1) is 24.3. The third-order valence-electron chi connectivity index (χ3n) is 2.79. The molecule has 0 saturated carbocycles. The lowest BCUT2D eigenvalue weighted by Gasteiger charge is -2.29. The molecule has 0 aliphatic rings. The van der Waals surface area contributed by atoms with Gasteiger partial charge in [-0.05, 0) is 12.8 Å². The van der Waals surface area contributed by atoms with Crippen LogP contribution in [0.3, 0.4) is 0 Å². The van der Waals surface area contributed by atoms with Gasteiger partial charge in [-0.15, -0.1) is 0 Å². The molecule has 0 aliphatic heterocycles. The van der Waals surface area contributed by atoms with E-state index in [1.807, 2.05) is 4.43 Å². The fourth-order valence-corrected chi connectivity index (χ4v) is 2.56. The van der Waals surface area contributed by atoms with E-state index in [0.29, 0.717) is 0 Å². The van der Waals surface area contributed by atoms with Gasteiger partial charge >= 0.3 is 33.0 Å². The van der Waals surface area contributed by atoms with E-state index in [1.54, 1.807) is 0 Å². The maximum absolute atomic E-state index is 13.2. The SMILES string of the molecule is FC(CCCCCC(F)(F)F)C(F)(F)[Si](F)(F)OC(F)(F)C(F)(F)F. The zero-order chi connectivity index (χ0) is 20.3. The highest BCUT2D eigenvalue weighted by Gasteiger charge is 2.76. The number of hydrogen-bond acceptors (Lipinski definition) is 1. The van der Waals surface area contributed by atoms with Gasteiger partial charge < -0.3 is 0 Å². The third-order valence-corrected chi connectivity index (χ3v) is 4.39. The van der Waals surface area contributed by atoms with Crippen LogP contribution in [0.25, 0.3) is 0 Å². The van der Waals surface area contributed by atoms with E-state index in [1.165, 1.54) is 0 Å². The molecule has 0 bridgehead atoms. The lowest BCUT2D eigenvalue weighted by atomic mass is 10.1. The van der Waals surface area contributed by atoms with Crippen molar-refractivity contribution < 1.29 is 60.9 Å². The van der Waals surface area contributed by atoms with Gasteiger partial charge in [0.05, 0.1) is 0 Å². The average Bonchev–Trinajstić information content (AvgIpc) is 2.33. The summed E-state index contributed by atoms with van der Waals surface area (Å²) in [6, 6.07) is 0. The molecule has 0 N–H and O–H groups in total. The van der Waals surface area contributed by atoms with Crippen molar-refractivity contribution in [2.24, 2.45) is 0 Å². The minimum Gasteiger partial charge on any atom is -0.297 e. The van der Waals surface area contributed by atoms with Gasteiger partial charge in [0.25, 0.3) is 0 Å². The fraction of sp³-hybridized carbons (Fsp3) is 1.00. The van der Waals surface area contributed by atoms with Gasteiger partial charge in [0.2, 0.25) is 0 Å². The van der Waals surface area contributed by atoms with Gasteiger partial charge in [-0.3, -0.25) is 4.43 Å². The topological polar surface area (TPSA) is 9.23 Å².